The lowest BCUT2D eigenvalue weighted by atomic mass is 10.1. The fourth-order valence-corrected chi connectivity index (χ4v) is 5.06. The van der Waals surface area contributed by atoms with Crippen LogP contribution in [0.5, 0.6) is 5.75 Å². The van der Waals surface area contributed by atoms with Crippen molar-refractivity contribution in [1.29, 1.82) is 0 Å². The number of hydrogen-bond acceptors (Lipinski definition) is 7. The van der Waals surface area contributed by atoms with Crippen LogP contribution in [0.2, 0.25) is 0 Å². The summed E-state index contributed by atoms with van der Waals surface area (Å²) < 4.78 is 55.6. The van der Waals surface area contributed by atoms with E-state index in [0.717, 1.165) is 19.8 Å². The van der Waals surface area contributed by atoms with Crippen LogP contribution in [0, 0.1) is 6.92 Å². The van der Waals surface area contributed by atoms with Gasteiger partial charge in [-0.15, -0.1) is 0 Å². The minimum absolute atomic E-state index is 0.00785. The Hall–Kier alpha value is -1.74. The van der Waals surface area contributed by atoms with E-state index < -0.39 is 29.5 Å². The van der Waals surface area contributed by atoms with Crippen molar-refractivity contribution >= 4 is 17.6 Å². The number of methoxy groups -OCH3 is 1. The van der Waals surface area contributed by atoms with Crippen LogP contribution in [0.4, 0.5) is 0 Å². The van der Waals surface area contributed by atoms with Crippen molar-refractivity contribution in [2.45, 2.75) is 23.7 Å². The van der Waals surface area contributed by atoms with Crippen molar-refractivity contribution in [3.63, 3.8) is 0 Å². The van der Waals surface area contributed by atoms with Crippen molar-refractivity contribution in [3.8, 4) is 5.75 Å². The number of aliphatic hydroxyl groups is 1. The molecule has 0 unspecified atom stereocenters. The Balaban J connectivity index is 2.47. The second-order valence-electron chi connectivity index (χ2n) is 6.00. The quantitative estimate of drug-likeness (QED) is 0.590. The molecular weight excluding hydrogens is 405 g/mol. The number of aryl methyl sites for hydroxylation is 1. The number of ether oxygens (including phenoxy) is 1. The van der Waals surface area contributed by atoms with Gasteiger partial charge in [0.15, 0.2) is 5.85 Å². The van der Waals surface area contributed by atoms with Gasteiger partial charge in [-0.2, -0.15) is 0 Å². The van der Waals surface area contributed by atoms with E-state index in [2.05, 4.69) is 4.72 Å². The number of aliphatic hydroxyl groups excluding tert-OH is 1. The second kappa shape index (κ2) is 9.17. The molecule has 0 saturated carbocycles. The van der Waals surface area contributed by atoms with Crippen LogP contribution in [0.25, 0.3) is 0 Å². The maximum atomic E-state index is 12.8. The van der Waals surface area contributed by atoms with Crippen molar-refractivity contribution < 1.29 is 31.9 Å². The summed E-state index contributed by atoms with van der Waals surface area (Å²) >= 11 is 0. The molecule has 0 fully saturated rings. The molecule has 0 radical (unpaired) electrons. The zero-order valence-electron chi connectivity index (χ0n) is 16.0. The van der Waals surface area contributed by atoms with E-state index in [1.54, 1.807) is 36.4 Å². The molecule has 10 heteroatoms. The second-order valence-corrected chi connectivity index (χ2v) is 10.1. The standard InChI is InChI=1S/C18H24NO7PS/c1-13-5-11-16(12-6-13)28(22,23)19-17(18(20)27(21,25-3)26-4)14-7-9-15(24-2)10-8-14/h5-12,17-20H,1-4H3/t17-,18-/m1/s1. The summed E-state index contributed by atoms with van der Waals surface area (Å²) in [6.07, 6.45) is 0. The van der Waals surface area contributed by atoms with Crippen LogP contribution < -0.4 is 9.46 Å². The number of nitrogens with one attached hydrogen (secondary N) is 1. The Morgan fingerprint density at radius 3 is 1.96 bits per heavy atom. The summed E-state index contributed by atoms with van der Waals surface area (Å²) in [5.41, 5.74) is 1.26. The number of sulfonamides is 1. The summed E-state index contributed by atoms with van der Waals surface area (Å²) in [6.45, 7) is 1.83. The highest BCUT2D eigenvalue weighted by Gasteiger charge is 2.41. The molecule has 0 aliphatic heterocycles. The Kier molecular flexibility index (Phi) is 7.39. The molecule has 0 spiro atoms. The van der Waals surface area contributed by atoms with Gasteiger partial charge < -0.3 is 18.9 Å². The molecule has 2 N–H and O–H groups in total. The molecule has 0 aromatic heterocycles. The molecule has 2 aromatic carbocycles. The zero-order chi connectivity index (χ0) is 20.9. The summed E-state index contributed by atoms with van der Waals surface area (Å²) in [7, 11) is -4.31. The molecule has 0 aliphatic carbocycles. The summed E-state index contributed by atoms with van der Waals surface area (Å²) in [4.78, 5) is 0.00785. The first-order valence-electron chi connectivity index (χ1n) is 8.29. The Morgan fingerprint density at radius 2 is 1.50 bits per heavy atom. The first-order valence-corrected chi connectivity index (χ1v) is 11.4. The maximum Gasteiger partial charge on any atom is 0.360 e. The molecule has 0 heterocycles. The lowest BCUT2D eigenvalue weighted by molar-refractivity contribution is 0.150. The normalized spacial score (nSPS) is 14.5. The molecule has 0 bridgehead atoms. The van der Waals surface area contributed by atoms with E-state index in [1.807, 2.05) is 6.92 Å². The first kappa shape index (κ1) is 22.5. The highest BCUT2D eigenvalue weighted by molar-refractivity contribution is 7.89. The van der Waals surface area contributed by atoms with E-state index >= 15 is 0 Å². The van der Waals surface area contributed by atoms with E-state index in [1.165, 1.54) is 19.2 Å². The molecule has 28 heavy (non-hydrogen) atoms. The average Bonchev–Trinajstić information content (AvgIpc) is 2.71. The highest BCUT2D eigenvalue weighted by Crippen LogP contribution is 2.54. The minimum atomic E-state index is -4.04. The highest BCUT2D eigenvalue weighted by atomic mass is 32.2. The van der Waals surface area contributed by atoms with Crippen LogP contribution in [0.1, 0.15) is 17.2 Å². The zero-order valence-corrected chi connectivity index (χ0v) is 17.7. The summed E-state index contributed by atoms with van der Waals surface area (Å²) in [6, 6.07) is 11.2. The molecular formula is C18H24NO7PS. The number of hydrogen-bond donors (Lipinski definition) is 2. The maximum absolute atomic E-state index is 12.8. The minimum Gasteiger partial charge on any atom is -0.497 e. The van der Waals surface area contributed by atoms with Crippen LogP contribution in [0.15, 0.2) is 53.4 Å². The molecule has 2 rings (SSSR count). The van der Waals surface area contributed by atoms with Gasteiger partial charge in [-0.05, 0) is 36.8 Å². The van der Waals surface area contributed by atoms with Crippen molar-refractivity contribution in [2.24, 2.45) is 0 Å². The third kappa shape index (κ3) is 5.00. The van der Waals surface area contributed by atoms with Gasteiger partial charge in [-0.1, -0.05) is 29.8 Å². The molecule has 0 amide bonds. The lowest BCUT2D eigenvalue weighted by Crippen LogP contribution is -2.36. The fourth-order valence-electron chi connectivity index (χ4n) is 2.54. The molecule has 8 nitrogen and oxygen atoms in total. The summed E-state index contributed by atoms with van der Waals surface area (Å²) in [5, 5.41) is 10.7. The monoisotopic (exact) mass is 429 g/mol. The largest absolute Gasteiger partial charge is 0.497 e. The van der Waals surface area contributed by atoms with Crippen LogP contribution >= 0.6 is 7.60 Å². The molecule has 2 atom stereocenters. The predicted molar refractivity (Wildman–Crippen MR) is 105 cm³/mol. The Labute approximate surface area is 165 Å². The SMILES string of the molecule is COc1ccc([C@@H](NS(=O)(=O)c2ccc(C)cc2)[C@H](O)P(=O)(OC)OC)cc1. The lowest BCUT2D eigenvalue weighted by Gasteiger charge is -2.28. The average molecular weight is 429 g/mol. The van der Waals surface area contributed by atoms with Gasteiger partial charge in [0.1, 0.15) is 5.75 Å². The van der Waals surface area contributed by atoms with Crippen molar-refractivity contribution in [2.75, 3.05) is 21.3 Å². The topological polar surface area (TPSA) is 111 Å². The third-order valence-electron chi connectivity index (χ3n) is 4.22. The molecule has 2 aromatic rings. The molecule has 0 aliphatic rings. The first-order chi connectivity index (χ1) is 13.2. The van der Waals surface area contributed by atoms with Gasteiger partial charge in [0.25, 0.3) is 0 Å². The van der Waals surface area contributed by atoms with Gasteiger partial charge in [0, 0.05) is 14.2 Å². The van der Waals surface area contributed by atoms with Crippen LogP contribution in [-0.2, 0) is 23.6 Å². The van der Waals surface area contributed by atoms with Crippen molar-refractivity contribution in [3.05, 3.63) is 59.7 Å². The number of benzene rings is 2. The van der Waals surface area contributed by atoms with Crippen molar-refractivity contribution in [1.82, 2.24) is 4.72 Å². The number of rotatable bonds is 9. The van der Waals surface area contributed by atoms with E-state index in [4.69, 9.17) is 13.8 Å². The van der Waals surface area contributed by atoms with E-state index in [9.17, 15) is 18.1 Å². The van der Waals surface area contributed by atoms with Crippen LogP contribution in [-0.4, -0.2) is 40.7 Å². The van der Waals surface area contributed by atoms with Crippen LogP contribution in [0.3, 0.4) is 0 Å². The Bertz CT molecular complexity index is 921. The van der Waals surface area contributed by atoms with Gasteiger partial charge in [-0.3, -0.25) is 4.57 Å². The van der Waals surface area contributed by atoms with Gasteiger partial charge in [-0.25, -0.2) is 13.1 Å². The molecule has 154 valence electrons. The van der Waals surface area contributed by atoms with E-state index in [-0.39, 0.29) is 4.90 Å². The van der Waals surface area contributed by atoms with Gasteiger partial charge >= 0.3 is 7.60 Å². The summed E-state index contributed by atoms with van der Waals surface area (Å²) in [5.74, 6) is -1.24. The fraction of sp³-hybridized carbons (Fsp3) is 0.333. The van der Waals surface area contributed by atoms with E-state index in [0.29, 0.717) is 11.3 Å². The predicted octanol–water partition coefficient (Wildman–Crippen LogP) is 2.83. The third-order valence-corrected chi connectivity index (χ3v) is 7.64. The smallest absolute Gasteiger partial charge is 0.360 e. The van der Waals surface area contributed by atoms with Gasteiger partial charge in [0.05, 0.1) is 18.0 Å². The Morgan fingerprint density at radius 1 is 0.964 bits per heavy atom. The molecule has 0 saturated heterocycles. The van der Waals surface area contributed by atoms with Gasteiger partial charge in [0.2, 0.25) is 10.0 Å².